The second-order valence-corrected chi connectivity index (χ2v) is 10.2. The number of hydrogen-bond donors (Lipinski definition) is 1. The Morgan fingerprint density at radius 2 is 1.74 bits per heavy atom. The summed E-state index contributed by atoms with van der Waals surface area (Å²) in [5, 5.41) is 1.92. The van der Waals surface area contributed by atoms with Crippen LogP contribution in [0.2, 0.25) is 5.02 Å². The average Bonchev–Trinajstić information content (AvgIpc) is 3.33. The van der Waals surface area contributed by atoms with E-state index in [-0.39, 0.29) is 11.8 Å². The van der Waals surface area contributed by atoms with Gasteiger partial charge in [0.05, 0.1) is 0 Å². The molecule has 5 rings (SSSR count). The number of aromatic amines is 1. The molecule has 1 aliphatic rings. The van der Waals surface area contributed by atoms with Gasteiger partial charge in [-0.25, -0.2) is 0 Å². The van der Waals surface area contributed by atoms with Crippen molar-refractivity contribution < 1.29 is 4.79 Å². The fraction of sp³-hybridized carbons (Fsp3) is 0.323. The first-order chi connectivity index (χ1) is 17.1. The van der Waals surface area contributed by atoms with Crippen LogP contribution in [0.4, 0.5) is 0 Å². The smallest absolute Gasteiger partial charge is 0.223 e. The van der Waals surface area contributed by atoms with E-state index in [1.807, 2.05) is 12.1 Å². The molecule has 0 bridgehead atoms. The molecule has 3 nitrogen and oxygen atoms in total. The summed E-state index contributed by atoms with van der Waals surface area (Å²) in [5.74, 6) is 0.876. The van der Waals surface area contributed by atoms with Crippen molar-refractivity contribution in [1.82, 2.24) is 9.88 Å². The third-order valence-corrected chi connectivity index (χ3v) is 7.83. The molecular formula is C31H33ClN2O. The Kier molecular flexibility index (Phi) is 7.24. The second-order valence-electron chi connectivity index (χ2n) is 9.76. The summed E-state index contributed by atoms with van der Waals surface area (Å²) in [6.07, 6.45) is 6.78. The van der Waals surface area contributed by atoms with Crippen molar-refractivity contribution in [2.75, 3.05) is 13.1 Å². The van der Waals surface area contributed by atoms with Crippen LogP contribution in [0.3, 0.4) is 0 Å². The zero-order chi connectivity index (χ0) is 24.2. The van der Waals surface area contributed by atoms with Crippen molar-refractivity contribution in [3.05, 3.63) is 106 Å². The number of H-pyrrole nitrogens is 1. The minimum absolute atomic E-state index is 0.0114. The van der Waals surface area contributed by atoms with Gasteiger partial charge < -0.3 is 9.88 Å². The van der Waals surface area contributed by atoms with Gasteiger partial charge in [-0.1, -0.05) is 79.2 Å². The number of para-hydroxylation sites is 1. The van der Waals surface area contributed by atoms with Gasteiger partial charge in [-0.05, 0) is 66.0 Å². The number of aromatic nitrogens is 1. The van der Waals surface area contributed by atoms with Crippen molar-refractivity contribution in [2.45, 2.75) is 44.9 Å². The highest BCUT2D eigenvalue weighted by Gasteiger charge is 2.27. The van der Waals surface area contributed by atoms with Crippen LogP contribution in [-0.4, -0.2) is 28.9 Å². The van der Waals surface area contributed by atoms with Gasteiger partial charge in [-0.3, -0.25) is 4.79 Å². The molecule has 4 heteroatoms. The molecule has 2 heterocycles. The summed E-state index contributed by atoms with van der Waals surface area (Å²) >= 11 is 6.19. The molecule has 0 aliphatic carbocycles. The highest BCUT2D eigenvalue weighted by atomic mass is 35.5. The van der Waals surface area contributed by atoms with Crippen LogP contribution >= 0.6 is 11.6 Å². The van der Waals surface area contributed by atoms with E-state index in [1.165, 1.54) is 27.6 Å². The molecule has 0 radical (unpaired) electrons. The number of fused-ring (bicyclic) bond motifs is 1. The molecule has 1 N–H and O–H groups in total. The number of hydrogen-bond acceptors (Lipinski definition) is 1. The van der Waals surface area contributed by atoms with E-state index in [0.29, 0.717) is 17.4 Å². The SMILES string of the molecule is CCc1cccc2c([C@@H](CC(=O)N3CCC(Cc4ccccc4)CC3)c3ccc(Cl)cc3)c[nH]c12. The van der Waals surface area contributed by atoms with Gasteiger partial charge in [0.25, 0.3) is 0 Å². The maximum atomic E-state index is 13.6. The van der Waals surface area contributed by atoms with Crippen molar-refractivity contribution in [2.24, 2.45) is 5.92 Å². The number of carbonyl (C=O) groups is 1. The Balaban J connectivity index is 1.34. The number of piperidine rings is 1. The molecule has 0 saturated carbocycles. The molecule has 4 aromatic rings. The highest BCUT2D eigenvalue weighted by Crippen LogP contribution is 2.36. The molecule has 1 fully saturated rings. The van der Waals surface area contributed by atoms with Crippen LogP contribution < -0.4 is 0 Å². The lowest BCUT2D eigenvalue weighted by Gasteiger charge is -2.33. The summed E-state index contributed by atoms with van der Waals surface area (Å²) in [5.41, 5.74) is 6.19. The summed E-state index contributed by atoms with van der Waals surface area (Å²) < 4.78 is 0. The van der Waals surface area contributed by atoms with Crippen LogP contribution in [0.1, 0.15) is 54.4 Å². The lowest BCUT2D eigenvalue weighted by Crippen LogP contribution is -2.39. The minimum Gasteiger partial charge on any atom is -0.361 e. The number of nitrogens with one attached hydrogen (secondary N) is 1. The number of halogens is 1. The Hall–Kier alpha value is -3.04. The number of carbonyl (C=O) groups excluding carboxylic acids is 1. The Bertz CT molecular complexity index is 1270. The minimum atomic E-state index is -0.0114. The maximum absolute atomic E-state index is 13.6. The van der Waals surface area contributed by atoms with E-state index < -0.39 is 0 Å². The molecule has 1 aromatic heterocycles. The predicted octanol–water partition coefficient (Wildman–Crippen LogP) is 7.39. The first-order valence-electron chi connectivity index (χ1n) is 12.8. The number of amides is 1. The Morgan fingerprint density at radius 3 is 2.46 bits per heavy atom. The largest absolute Gasteiger partial charge is 0.361 e. The van der Waals surface area contributed by atoms with E-state index in [1.54, 1.807) is 0 Å². The van der Waals surface area contributed by atoms with Crippen molar-refractivity contribution in [3.8, 4) is 0 Å². The van der Waals surface area contributed by atoms with E-state index in [0.717, 1.165) is 44.3 Å². The van der Waals surface area contributed by atoms with Gasteiger partial charge in [0.2, 0.25) is 5.91 Å². The second kappa shape index (κ2) is 10.7. The zero-order valence-corrected chi connectivity index (χ0v) is 21.1. The molecule has 3 aromatic carbocycles. The third kappa shape index (κ3) is 5.31. The van der Waals surface area contributed by atoms with Crippen LogP contribution in [0.15, 0.2) is 79.0 Å². The Labute approximate surface area is 213 Å². The highest BCUT2D eigenvalue weighted by molar-refractivity contribution is 6.30. The number of rotatable bonds is 7. The molecule has 0 unspecified atom stereocenters. The Morgan fingerprint density at radius 1 is 1.00 bits per heavy atom. The predicted molar refractivity (Wildman–Crippen MR) is 145 cm³/mol. The lowest BCUT2D eigenvalue weighted by atomic mass is 9.86. The van der Waals surface area contributed by atoms with Crippen LogP contribution in [0.25, 0.3) is 10.9 Å². The van der Waals surface area contributed by atoms with Gasteiger partial charge in [0.1, 0.15) is 0 Å². The number of aryl methyl sites for hydroxylation is 1. The topological polar surface area (TPSA) is 36.1 Å². The van der Waals surface area contributed by atoms with Gasteiger partial charge in [0.15, 0.2) is 0 Å². The standard InChI is InChI=1S/C31H33ClN2O/c1-2-24-9-6-10-27-29(21-33-31(24)27)28(25-11-13-26(32)14-12-25)20-30(35)34-17-15-23(16-18-34)19-22-7-4-3-5-8-22/h3-14,21,23,28,33H,2,15-20H2,1H3/t28-/m0/s1. The first kappa shape index (κ1) is 23.7. The summed E-state index contributed by atoms with van der Waals surface area (Å²) in [4.78, 5) is 19.1. The molecule has 1 amide bonds. The molecular weight excluding hydrogens is 452 g/mol. The number of likely N-dealkylation sites (tertiary alicyclic amines) is 1. The van der Waals surface area contributed by atoms with Gasteiger partial charge in [0, 0.05) is 47.6 Å². The molecule has 1 atom stereocenters. The summed E-state index contributed by atoms with van der Waals surface area (Å²) in [6, 6.07) is 25.1. The van der Waals surface area contributed by atoms with Gasteiger partial charge in [-0.2, -0.15) is 0 Å². The summed E-state index contributed by atoms with van der Waals surface area (Å²) in [7, 11) is 0. The lowest BCUT2D eigenvalue weighted by molar-refractivity contribution is -0.132. The quantitative estimate of drug-likeness (QED) is 0.291. The van der Waals surface area contributed by atoms with Crippen LogP contribution in [0, 0.1) is 5.92 Å². The van der Waals surface area contributed by atoms with Gasteiger partial charge >= 0.3 is 0 Å². The van der Waals surface area contributed by atoms with E-state index in [4.69, 9.17) is 11.6 Å². The van der Waals surface area contributed by atoms with Crippen LogP contribution in [0.5, 0.6) is 0 Å². The van der Waals surface area contributed by atoms with Crippen molar-refractivity contribution in [3.63, 3.8) is 0 Å². The third-order valence-electron chi connectivity index (χ3n) is 7.58. The van der Waals surface area contributed by atoms with Crippen LogP contribution in [-0.2, 0) is 17.6 Å². The number of nitrogens with zero attached hydrogens (tertiary/aromatic N) is 1. The summed E-state index contributed by atoms with van der Waals surface area (Å²) in [6.45, 7) is 3.87. The molecule has 1 aliphatic heterocycles. The fourth-order valence-electron chi connectivity index (χ4n) is 5.56. The normalized spacial score (nSPS) is 15.4. The van der Waals surface area contributed by atoms with E-state index >= 15 is 0 Å². The monoisotopic (exact) mass is 484 g/mol. The molecule has 1 saturated heterocycles. The molecule has 180 valence electrons. The zero-order valence-electron chi connectivity index (χ0n) is 20.3. The average molecular weight is 485 g/mol. The maximum Gasteiger partial charge on any atom is 0.223 e. The fourth-order valence-corrected chi connectivity index (χ4v) is 5.69. The van der Waals surface area contributed by atoms with Crippen molar-refractivity contribution in [1.29, 1.82) is 0 Å². The first-order valence-corrected chi connectivity index (χ1v) is 13.2. The molecule has 35 heavy (non-hydrogen) atoms. The van der Waals surface area contributed by atoms with E-state index in [9.17, 15) is 4.79 Å². The van der Waals surface area contributed by atoms with Gasteiger partial charge in [-0.15, -0.1) is 0 Å². The van der Waals surface area contributed by atoms with E-state index in [2.05, 4.69) is 83.7 Å². The van der Waals surface area contributed by atoms with Crippen molar-refractivity contribution >= 4 is 28.4 Å². The molecule has 0 spiro atoms. The number of benzene rings is 3.